The van der Waals surface area contributed by atoms with E-state index in [2.05, 4.69) is 20.8 Å². The van der Waals surface area contributed by atoms with Gasteiger partial charge in [0.15, 0.2) is 0 Å². The quantitative estimate of drug-likeness (QED) is 0.133. The molecule has 4 N–H and O–H groups in total. The van der Waals surface area contributed by atoms with Gasteiger partial charge in [-0.15, -0.1) is 0 Å². The van der Waals surface area contributed by atoms with Gasteiger partial charge in [0.2, 0.25) is 0 Å². The van der Waals surface area contributed by atoms with Crippen molar-refractivity contribution in [2.24, 2.45) is 5.41 Å². The molecule has 0 radical (unpaired) electrons. The standard InChI is InChI=1S/C22H37N4O9PS/c1-14(27)37-10-9-23-17(28)7-8-24-19(29)18-22(5,6)12-33-36(31,35-18)34-13-32-20(30)15-11-16(26-25-15)21(2,3)4/h11,18,31,36H,7-10,12-13H2,1-6H3,(H,23,28)(H,24,29)(H,25,26)/t18-/m0/s1. The molecule has 37 heavy (non-hydrogen) atoms. The monoisotopic (exact) mass is 564 g/mol. The molecule has 0 aromatic carbocycles. The summed E-state index contributed by atoms with van der Waals surface area (Å²) < 4.78 is 21.2. The second kappa shape index (κ2) is 13.1. The summed E-state index contributed by atoms with van der Waals surface area (Å²) in [6.07, 6.45) is -1.11. The van der Waals surface area contributed by atoms with Gasteiger partial charge in [-0.2, -0.15) is 0 Å². The van der Waals surface area contributed by atoms with E-state index in [4.69, 9.17) is 18.3 Å². The zero-order chi connectivity index (χ0) is 27.9. The first-order valence-corrected chi connectivity index (χ1v) is 14.4. The van der Waals surface area contributed by atoms with Crippen LogP contribution in [-0.4, -0.2) is 76.3 Å². The number of hydrogen-bond donors (Lipinski definition) is 4. The molecule has 0 aliphatic carbocycles. The van der Waals surface area contributed by atoms with Gasteiger partial charge in [0.1, 0.15) is 0 Å². The Morgan fingerprint density at radius 1 is 1.27 bits per heavy atom. The first-order valence-electron chi connectivity index (χ1n) is 11.7. The van der Waals surface area contributed by atoms with E-state index in [0.29, 0.717) is 18.0 Å². The number of amides is 2. The van der Waals surface area contributed by atoms with Crippen molar-refractivity contribution in [1.29, 1.82) is 0 Å². The number of carbonyl (C=O) groups is 4. The van der Waals surface area contributed by atoms with Gasteiger partial charge in [-0.3, -0.25) is 4.79 Å². The molecule has 0 unspecified atom stereocenters. The van der Waals surface area contributed by atoms with Gasteiger partial charge in [-0.05, 0) is 0 Å². The molecule has 1 aromatic rings. The van der Waals surface area contributed by atoms with E-state index in [1.165, 1.54) is 6.92 Å². The van der Waals surface area contributed by atoms with Gasteiger partial charge in [-0.1, -0.05) is 0 Å². The van der Waals surface area contributed by atoms with Crippen molar-refractivity contribution in [1.82, 2.24) is 20.8 Å². The van der Waals surface area contributed by atoms with Crippen LogP contribution in [0.2, 0.25) is 0 Å². The summed E-state index contributed by atoms with van der Waals surface area (Å²) in [5, 5.41) is 11.9. The maximum absolute atomic E-state index is 12.8. The van der Waals surface area contributed by atoms with Crippen LogP contribution in [0.4, 0.5) is 0 Å². The van der Waals surface area contributed by atoms with Crippen LogP contribution < -0.4 is 10.6 Å². The second-order valence-electron chi connectivity index (χ2n) is 10.1. The van der Waals surface area contributed by atoms with E-state index >= 15 is 0 Å². The molecule has 2 amide bonds. The third-order valence-corrected chi connectivity index (χ3v) is 7.56. The number of hydrogen-bond acceptors (Lipinski definition) is 11. The number of aromatic nitrogens is 2. The number of rotatable bonds is 11. The van der Waals surface area contributed by atoms with E-state index in [1.807, 2.05) is 20.8 Å². The normalized spacial score (nSPS) is 19.5. The Balaban J connectivity index is 1.82. The number of nitrogens with one attached hydrogen (secondary N) is 3. The van der Waals surface area contributed by atoms with Gasteiger partial charge < -0.3 is 0 Å². The molecule has 1 saturated heterocycles. The van der Waals surface area contributed by atoms with Crippen LogP contribution in [-0.2, 0) is 38.1 Å². The number of esters is 1. The molecule has 0 spiro atoms. The third-order valence-electron chi connectivity index (χ3n) is 5.22. The molecule has 1 aliphatic heterocycles. The molecular weight excluding hydrogens is 527 g/mol. The number of aromatic amines is 1. The Kier molecular flexibility index (Phi) is 11.0. The zero-order valence-corrected chi connectivity index (χ0v) is 23.8. The van der Waals surface area contributed by atoms with Crippen LogP contribution in [0.5, 0.6) is 0 Å². The molecule has 1 aromatic heterocycles. The van der Waals surface area contributed by atoms with Crippen LogP contribution in [0.15, 0.2) is 6.07 Å². The fraction of sp³-hybridized carbons (Fsp3) is 0.682. The Hall–Kier alpha value is -2.09. The zero-order valence-electron chi connectivity index (χ0n) is 22.0. The summed E-state index contributed by atoms with van der Waals surface area (Å²) in [5.74, 6) is -1.11. The van der Waals surface area contributed by atoms with E-state index in [0.717, 1.165) is 11.8 Å². The molecule has 1 aliphatic rings. The van der Waals surface area contributed by atoms with Crippen molar-refractivity contribution in [3.63, 3.8) is 0 Å². The SMILES string of the molecule is CC(=O)SCCNC(=O)CCNC(=O)[C@@H]1O[PH](O)(OCOC(=O)c2cc(C(C)(C)C)n[nH]2)OCC1(C)C. The minimum absolute atomic E-state index is 0.0266. The van der Waals surface area contributed by atoms with Crippen LogP contribution in [0.25, 0.3) is 0 Å². The third kappa shape index (κ3) is 9.95. The molecule has 0 bridgehead atoms. The van der Waals surface area contributed by atoms with Crippen molar-refractivity contribution in [3.8, 4) is 0 Å². The van der Waals surface area contributed by atoms with Gasteiger partial charge >= 0.3 is 209 Å². The van der Waals surface area contributed by atoms with E-state index < -0.39 is 38.4 Å². The van der Waals surface area contributed by atoms with Gasteiger partial charge in [0.05, 0.1) is 0 Å². The molecule has 15 heteroatoms. The summed E-state index contributed by atoms with van der Waals surface area (Å²) in [6.45, 7) is 10.4. The number of ether oxygens (including phenoxy) is 1. The molecule has 2 heterocycles. The minimum atomic E-state index is -4.31. The fourth-order valence-corrected chi connectivity index (χ4v) is 5.29. The van der Waals surface area contributed by atoms with Crippen molar-refractivity contribution in [2.45, 2.75) is 59.5 Å². The summed E-state index contributed by atoms with van der Waals surface area (Å²) >= 11 is 1.11. The Bertz CT molecular complexity index is 982. The van der Waals surface area contributed by atoms with Gasteiger partial charge in [-0.25, -0.2) is 0 Å². The second-order valence-corrected chi connectivity index (χ2v) is 13.3. The Morgan fingerprint density at radius 3 is 2.59 bits per heavy atom. The summed E-state index contributed by atoms with van der Waals surface area (Å²) in [6, 6.07) is 1.57. The number of thioether (sulfide) groups is 1. The summed E-state index contributed by atoms with van der Waals surface area (Å²) in [7, 11) is -4.31. The van der Waals surface area contributed by atoms with Gasteiger partial charge in [0.25, 0.3) is 0 Å². The molecule has 0 saturated carbocycles. The average Bonchev–Trinajstić information content (AvgIpc) is 3.30. The van der Waals surface area contributed by atoms with Crippen LogP contribution in [0.3, 0.4) is 0 Å². The predicted octanol–water partition coefficient (Wildman–Crippen LogP) is 1.58. The molecule has 1 fully saturated rings. The van der Waals surface area contributed by atoms with E-state index in [1.54, 1.807) is 19.9 Å². The van der Waals surface area contributed by atoms with Crippen LogP contribution in [0, 0.1) is 5.41 Å². The average molecular weight is 565 g/mol. The van der Waals surface area contributed by atoms with Crippen molar-refractivity contribution in [2.75, 3.05) is 32.2 Å². The van der Waals surface area contributed by atoms with Crippen LogP contribution >= 0.6 is 19.9 Å². The van der Waals surface area contributed by atoms with Crippen LogP contribution in [0.1, 0.15) is 64.1 Å². The molecule has 210 valence electrons. The van der Waals surface area contributed by atoms with Gasteiger partial charge in [0, 0.05) is 6.92 Å². The Morgan fingerprint density at radius 2 is 1.97 bits per heavy atom. The molecule has 2 rings (SSSR count). The summed E-state index contributed by atoms with van der Waals surface area (Å²) in [5.41, 5.74) is -0.283. The molecular formula is C22H37N4O9PS. The first-order chi connectivity index (χ1) is 17.1. The van der Waals surface area contributed by atoms with Crippen molar-refractivity contribution >= 4 is 42.8 Å². The summed E-state index contributed by atoms with van der Waals surface area (Å²) in [4.78, 5) is 58.5. The first kappa shape index (κ1) is 31.1. The number of H-pyrrole nitrogens is 1. The molecule has 1 atom stereocenters. The fourth-order valence-electron chi connectivity index (χ4n) is 3.09. The van der Waals surface area contributed by atoms with Crippen molar-refractivity contribution < 1.29 is 42.4 Å². The number of carbonyl (C=O) groups excluding carboxylic acids is 4. The number of nitrogens with zero attached hydrogens (tertiary/aromatic N) is 1. The predicted molar refractivity (Wildman–Crippen MR) is 138 cm³/mol. The Labute approximate surface area is 220 Å². The van der Waals surface area contributed by atoms with E-state index in [9.17, 15) is 24.1 Å². The maximum atomic E-state index is 12.8. The van der Waals surface area contributed by atoms with E-state index in [-0.39, 0.29) is 41.7 Å². The van der Waals surface area contributed by atoms with Crippen molar-refractivity contribution in [3.05, 3.63) is 17.5 Å². The molecule has 13 nitrogen and oxygen atoms in total. The topological polar surface area (TPSA) is 178 Å².